The molecule has 0 spiro atoms. The average Bonchev–Trinajstić information content (AvgIpc) is 2.27. The van der Waals surface area contributed by atoms with Gasteiger partial charge in [0.1, 0.15) is 0 Å². The Bertz CT molecular complexity index is 360. The number of rotatable bonds is 5. The van der Waals surface area contributed by atoms with Crippen molar-refractivity contribution in [2.24, 2.45) is 0 Å². The summed E-state index contributed by atoms with van der Waals surface area (Å²) in [6, 6.07) is 8.05. The van der Waals surface area contributed by atoms with Crippen LogP contribution in [0.2, 0.25) is 0 Å². The third-order valence-electron chi connectivity index (χ3n) is 1.81. The first-order chi connectivity index (χ1) is 7.72. The molecule has 0 heterocycles. The zero-order valence-electron chi connectivity index (χ0n) is 9.07. The lowest BCUT2D eigenvalue weighted by Crippen LogP contribution is -2.02. The molecule has 0 aliphatic heterocycles. The molecule has 0 saturated heterocycles. The molecule has 0 aliphatic carbocycles. The van der Waals surface area contributed by atoms with Gasteiger partial charge in [-0.2, -0.15) is 0 Å². The highest BCUT2D eigenvalue weighted by molar-refractivity contribution is 14.1. The fourth-order valence-corrected chi connectivity index (χ4v) is 1.45. The van der Waals surface area contributed by atoms with Crippen LogP contribution in [0.25, 0.3) is 0 Å². The summed E-state index contributed by atoms with van der Waals surface area (Å²) in [5.74, 6) is -0.299. The van der Waals surface area contributed by atoms with Crippen LogP contribution in [-0.2, 0) is 9.53 Å². The van der Waals surface area contributed by atoms with Gasteiger partial charge < -0.3 is 10.1 Å². The molecule has 0 atom stereocenters. The zero-order valence-corrected chi connectivity index (χ0v) is 11.2. The normalized spacial score (nSPS) is 10.4. The molecule has 1 rings (SSSR count). The van der Waals surface area contributed by atoms with Crippen LogP contribution in [0.3, 0.4) is 0 Å². The average molecular weight is 331 g/mol. The minimum absolute atomic E-state index is 0.299. The Labute approximate surface area is 109 Å². The Kier molecular flexibility index (Phi) is 5.92. The summed E-state index contributed by atoms with van der Waals surface area (Å²) in [5.41, 5.74) is 1.04. The SMILES string of the molecule is CCOC(=O)/C=C/CNc1ccc(I)cc1. The maximum absolute atomic E-state index is 11.0. The molecule has 0 bridgehead atoms. The smallest absolute Gasteiger partial charge is 0.330 e. The van der Waals surface area contributed by atoms with Crippen LogP contribution < -0.4 is 5.32 Å². The van der Waals surface area contributed by atoms with Gasteiger partial charge in [-0.1, -0.05) is 6.08 Å². The van der Waals surface area contributed by atoms with Gasteiger partial charge in [-0.3, -0.25) is 0 Å². The van der Waals surface area contributed by atoms with Crippen molar-refractivity contribution < 1.29 is 9.53 Å². The lowest BCUT2D eigenvalue weighted by Gasteiger charge is -2.02. The topological polar surface area (TPSA) is 38.3 Å². The first kappa shape index (κ1) is 13.0. The third kappa shape index (κ3) is 5.16. The predicted octanol–water partition coefficient (Wildman–Crippen LogP) is 2.82. The summed E-state index contributed by atoms with van der Waals surface area (Å²) in [6.07, 6.45) is 3.18. The molecule has 0 aliphatic rings. The lowest BCUT2D eigenvalue weighted by molar-refractivity contribution is -0.137. The van der Waals surface area contributed by atoms with Gasteiger partial charge in [-0.25, -0.2) is 4.79 Å². The van der Waals surface area contributed by atoms with Gasteiger partial charge >= 0.3 is 5.97 Å². The summed E-state index contributed by atoms with van der Waals surface area (Å²) in [4.78, 5) is 11.0. The van der Waals surface area contributed by atoms with E-state index in [1.165, 1.54) is 9.65 Å². The summed E-state index contributed by atoms with van der Waals surface area (Å²) in [6.45, 7) is 2.81. The second kappa shape index (κ2) is 7.27. The number of halogens is 1. The van der Waals surface area contributed by atoms with E-state index < -0.39 is 0 Å². The van der Waals surface area contributed by atoms with E-state index in [2.05, 4.69) is 27.9 Å². The lowest BCUT2D eigenvalue weighted by atomic mass is 10.3. The number of ether oxygens (including phenoxy) is 1. The molecule has 0 aromatic heterocycles. The van der Waals surface area contributed by atoms with Crippen LogP contribution in [0.5, 0.6) is 0 Å². The van der Waals surface area contributed by atoms with Gasteiger partial charge in [0.15, 0.2) is 0 Å². The monoisotopic (exact) mass is 331 g/mol. The molecular formula is C12H14INO2. The molecule has 86 valence electrons. The Balaban J connectivity index is 2.30. The molecule has 0 radical (unpaired) electrons. The van der Waals surface area contributed by atoms with E-state index in [1.807, 2.05) is 24.3 Å². The molecule has 0 saturated carbocycles. The van der Waals surface area contributed by atoms with Gasteiger partial charge in [0.25, 0.3) is 0 Å². The molecular weight excluding hydrogens is 317 g/mol. The number of hydrogen-bond donors (Lipinski definition) is 1. The number of nitrogens with one attached hydrogen (secondary N) is 1. The second-order valence-corrected chi connectivity index (χ2v) is 4.29. The van der Waals surface area contributed by atoms with Crippen molar-refractivity contribution in [2.75, 3.05) is 18.5 Å². The van der Waals surface area contributed by atoms with Gasteiger partial charge in [-0.05, 0) is 53.8 Å². The molecule has 1 N–H and O–H groups in total. The van der Waals surface area contributed by atoms with Crippen molar-refractivity contribution in [1.82, 2.24) is 0 Å². The molecule has 16 heavy (non-hydrogen) atoms. The summed E-state index contributed by atoms with van der Waals surface area (Å²) < 4.78 is 5.95. The Morgan fingerprint density at radius 1 is 1.44 bits per heavy atom. The highest BCUT2D eigenvalue weighted by Crippen LogP contribution is 2.10. The first-order valence-corrected chi connectivity index (χ1v) is 6.13. The summed E-state index contributed by atoms with van der Waals surface area (Å²) in [5, 5.41) is 3.17. The van der Waals surface area contributed by atoms with Crippen LogP contribution in [0.15, 0.2) is 36.4 Å². The number of benzene rings is 1. The number of carbonyl (C=O) groups is 1. The number of esters is 1. The Morgan fingerprint density at radius 2 is 2.12 bits per heavy atom. The largest absolute Gasteiger partial charge is 0.463 e. The van der Waals surface area contributed by atoms with E-state index in [0.717, 1.165) is 5.69 Å². The summed E-state index contributed by atoms with van der Waals surface area (Å²) >= 11 is 2.26. The number of carbonyl (C=O) groups excluding carboxylic acids is 1. The molecule has 4 heteroatoms. The van der Waals surface area contributed by atoms with Crippen LogP contribution in [-0.4, -0.2) is 19.1 Å². The number of hydrogen-bond acceptors (Lipinski definition) is 3. The van der Waals surface area contributed by atoms with Crippen LogP contribution in [0.1, 0.15) is 6.92 Å². The quantitative estimate of drug-likeness (QED) is 0.512. The molecule has 0 amide bonds. The second-order valence-electron chi connectivity index (χ2n) is 3.04. The van der Waals surface area contributed by atoms with Crippen molar-refractivity contribution >= 4 is 34.2 Å². The minimum Gasteiger partial charge on any atom is -0.463 e. The molecule has 0 unspecified atom stereocenters. The standard InChI is InChI=1S/C12H14INO2/c1-2-16-12(15)4-3-9-14-11-7-5-10(13)6-8-11/h3-8,14H,2,9H2,1H3/b4-3+. The fourth-order valence-electron chi connectivity index (χ4n) is 1.09. The van der Waals surface area contributed by atoms with Crippen LogP contribution in [0.4, 0.5) is 5.69 Å². The van der Waals surface area contributed by atoms with Crippen molar-refractivity contribution in [3.8, 4) is 0 Å². The third-order valence-corrected chi connectivity index (χ3v) is 2.53. The van der Waals surface area contributed by atoms with Crippen LogP contribution >= 0.6 is 22.6 Å². The first-order valence-electron chi connectivity index (χ1n) is 5.05. The number of anilines is 1. The van der Waals surface area contributed by atoms with E-state index in [-0.39, 0.29) is 5.97 Å². The molecule has 1 aromatic carbocycles. The van der Waals surface area contributed by atoms with Crippen LogP contribution in [0, 0.1) is 3.57 Å². The van der Waals surface area contributed by atoms with Gasteiger partial charge in [-0.15, -0.1) is 0 Å². The van der Waals surface area contributed by atoms with E-state index >= 15 is 0 Å². The van der Waals surface area contributed by atoms with E-state index in [0.29, 0.717) is 13.2 Å². The Morgan fingerprint density at radius 3 is 2.75 bits per heavy atom. The van der Waals surface area contributed by atoms with Gasteiger partial charge in [0.2, 0.25) is 0 Å². The molecule has 0 fully saturated rings. The van der Waals surface area contributed by atoms with Gasteiger partial charge in [0, 0.05) is 21.9 Å². The van der Waals surface area contributed by atoms with Crippen molar-refractivity contribution in [3.63, 3.8) is 0 Å². The van der Waals surface area contributed by atoms with Crippen molar-refractivity contribution in [2.45, 2.75) is 6.92 Å². The zero-order chi connectivity index (χ0) is 11.8. The van der Waals surface area contributed by atoms with Crippen molar-refractivity contribution in [3.05, 3.63) is 40.0 Å². The summed E-state index contributed by atoms with van der Waals surface area (Å²) in [7, 11) is 0. The maximum atomic E-state index is 11.0. The van der Waals surface area contributed by atoms with Crippen molar-refractivity contribution in [1.29, 1.82) is 0 Å². The maximum Gasteiger partial charge on any atom is 0.330 e. The van der Waals surface area contributed by atoms with Gasteiger partial charge in [0.05, 0.1) is 6.61 Å². The highest BCUT2D eigenvalue weighted by atomic mass is 127. The van der Waals surface area contributed by atoms with E-state index in [9.17, 15) is 4.79 Å². The fraction of sp³-hybridized carbons (Fsp3) is 0.250. The Hall–Kier alpha value is -1.04. The minimum atomic E-state index is -0.299. The van der Waals surface area contributed by atoms with E-state index in [4.69, 9.17) is 4.74 Å². The highest BCUT2D eigenvalue weighted by Gasteiger charge is 1.92. The van der Waals surface area contributed by atoms with E-state index in [1.54, 1.807) is 13.0 Å². The molecule has 1 aromatic rings. The molecule has 3 nitrogen and oxygen atoms in total. The predicted molar refractivity (Wildman–Crippen MR) is 73.4 cm³/mol.